The summed E-state index contributed by atoms with van der Waals surface area (Å²) in [5, 5.41) is 2.46. The van der Waals surface area contributed by atoms with Crippen molar-refractivity contribution < 1.29 is 18.7 Å². The summed E-state index contributed by atoms with van der Waals surface area (Å²) in [4.78, 5) is 28.2. The predicted molar refractivity (Wildman–Crippen MR) is 120 cm³/mol. The van der Waals surface area contributed by atoms with Crippen LogP contribution < -0.4 is 15.0 Å². The molecule has 3 aromatic rings. The molecule has 158 valence electrons. The molecule has 3 aromatic carbocycles. The van der Waals surface area contributed by atoms with Crippen molar-refractivity contribution in [2.45, 2.75) is 16.6 Å². The molecular formula is C24H21FN2O3S. The Bertz CT molecular complexity index is 1100. The van der Waals surface area contributed by atoms with Crippen molar-refractivity contribution >= 4 is 35.0 Å². The van der Waals surface area contributed by atoms with Gasteiger partial charge in [-0.15, -0.1) is 11.8 Å². The molecule has 0 fully saturated rings. The molecule has 1 heterocycles. The fourth-order valence-corrected chi connectivity index (χ4v) is 4.73. The Morgan fingerprint density at radius 2 is 1.81 bits per heavy atom. The lowest BCUT2D eigenvalue weighted by Crippen LogP contribution is -2.38. The molecule has 31 heavy (non-hydrogen) atoms. The Morgan fingerprint density at radius 3 is 2.55 bits per heavy atom. The molecule has 1 N–H and O–H groups in total. The van der Waals surface area contributed by atoms with Crippen LogP contribution in [0.4, 0.5) is 15.8 Å². The maximum atomic E-state index is 13.9. The fourth-order valence-electron chi connectivity index (χ4n) is 3.45. The zero-order valence-corrected chi connectivity index (χ0v) is 17.7. The van der Waals surface area contributed by atoms with E-state index in [1.807, 2.05) is 48.5 Å². The largest absolute Gasteiger partial charge is 0.497 e. The lowest BCUT2D eigenvalue weighted by atomic mass is 10.1. The number of methoxy groups -OCH3 is 1. The van der Waals surface area contributed by atoms with Crippen molar-refractivity contribution in [3.8, 4) is 5.75 Å². The molecule has 1 aliphatic heterocycles. The highest BCUT2D eigenvalue weighted by molar-refractivity contribution is 7.99. The van der Waals surface area contributed by atoms with Gasteiger partial charge in [0.05, 0.1) is 18.5 Å². The lowest BCUT2D eigenvalue weighted by Gasteiger charge is -2.22. The number of thioether (sulfide) groups is 1. The number of hydrogen-bond acceptors (Lipinski definition) is 4. The van der Waals surface area contributed by atoms with Gasteiger partial charge in [-0.1, -0.05) is 36.4 Å². The van der Waals surface area contributed by atoms with Gasteiger partial charge in [0, 0.05) is 16.6 Å². The second kappa shape index (κ2) is 9.22. The highest BCUT2D eigenvalue weighted by atomic mass is 32.2. The van der Waals surface area contributed by atoms with Crippen LogP contribution >= 0.6 is 11.8 Å². The van der Waals surface area contributed by atoms with E-state index in [4.69, 9.17) is 4.74 Å². The standard InChI is InChI=1S/C24H21FN2O3S/c1-30-17-12-10-16(11-13-17)22-14-24(29)27(20-8-4-5-9-21(20)31-22)15-23(28)26-19-7-3-2-6-18(19)25/h2-13,22H,14-15H2,1H3,(H,26,28)/t22-/m1/s1. The van der Waals surface area contributed by atoms with Gasteiger partial charge in [-0.2, -0.15) is 0 Å². The van der Waals surface area contributed by atoms with E-state index in [0.29, 0.717) is 5.69 Å². The fraction of sp³-hybridized carbons (Fsp3) is 0.167. The normalized spacial score (nSPS) is 15.7. The summed E-state index contributed by atoms with van der Waals surface area (Å²) in [7, 11) is 1.61. The van der Waals surface area contributed by atoms with Crippen LogP contribution in [0.2, 0.25) is 0 Å². The summed E-state index contributed by atoms with van der Waals surface area (Å²) in [5.74, 6) is -0.391. The molecule has 1 atom stereocenters. The summed E-state index contributed by atoms with van der Waals surface area (Å²) >= 11 is 1.59. The summed E-state index contributed by atoms with van der Waals surface area (Å²) < 4.78 is 19.1. The summed E-state index contributed by atoms with van der Waals surface area (Å²) in [6.45, 7) is -0.194. The maximum Gasteiger partial charge on any atom is 0.244 e. The Balaban J connectivity index is 1.58. The van der Waals surface area contributed by atoms with E-state index in [1.165, 1.54) is 17.0 Å². The minimum Gasteiger partial charge on any atom is -0.497 e. The van der Waals surface area contributed by atoms with E-state index in [9.17, 15) is 14.0 Å². The number of ether oxygens (including phenoxy) is 1. The van der Waals surface area contributed by atoms with Crippen molar-refractivity contribution in [2.24, 2.45) is 0 Å². The highest BCUT2D eigenvalue weighted by Crippen LogP contribution is 2.45. The quantitative estimate of drug-likeness (QED) is 0.609. The maximum absolute atomic E-state index is 13.9. The van der Waals surface area contributed by atoms with Gasteiger partial charge >= 0.3 is 0 Å². The second-order valence-electron chi connectivity index (χ2n) is 7.06. The van der Waals surface area contributed by atoms with Crippen molar-refractivity contribution in [3.63, 3.8) is 0 Å². The van der Waals surface area contributed by atoms with E-state index in [1.54, 1.807) is 31.0 Å². The Morgan fingerprint density at radius 1 is 1.10 bits per heavy atom. The molecule has 0 unspecified atom stereocenters. The number of nitrogens with one attached hydrogen (secondary N) is 1. The molecule has 0 aromatic heterocycles. The third-order valence-corrected chi connectivity index (χ3v) is 6.35. The number of amides is 2. The number of rotatable bonds is 5. The summed E-state index contributed by atoms with van der Waals surface area (Å²) in [6, 6.07) is 21.1. The van der Waals surface area contributed by atoms with Crippen LogP contribution in [0, 0.1) is 5.82 Å². The van der Waals surface area contributed by atoms with Crippen LogP contribution in [-0.4, -0.2) is 25.5 Å². The number of carbonyl (C=O) groups excluding carboxylic acids is 2. The average molecular weight is 437 g/mol. The van der Waals surface area contributed by atoms with E-state index in [0.717, 1.165) is 16.2 Å². The van der Waals surface area contributed by atoms with E-state index >= 15 is 0 Å². The smallest absolute Gasteiger partial charge is 0.244 e. The van der Waals surface area contributed by atoms with E-state index in [-0.39, 0.29) is 29.8 Å². The minimum atomic E-state index is -0.520. The second-order valence-corrected chi connectivity index (χ2v) is 8.30. The summed E-state index contributed by atoms with van der Waals surface area (Å²) in [6.07, 6.45) is 0.235. The van der Waals surface area contributed by atoms with Gasteiger partial charge < -0.3 is 15.0 Å². The van der Waals surface area contributed by atoms with Gasteiger partial charge in [-0.25, -0.2) is 4.39 Å². The molecule has 0 spiro atoms. The van der Waals surface area contributed by atoms with Crippen LogP contribution in [0.15, 0.2) is 77.7 Å². The van der Waals surface area contributed by atoms with Crippen LogP contribution in [0.1, 0.15) is 17.2 Å². The lowest BCUT2D eigenvalue weighted by molar-refractivity contribution is -0.121. The monoisotopic (exact) mass is 436 g/mol. The SMILES string of the molecule is COc1ccc([C@H]2CC(=O)N(CC(=O)Nc3ccccc3F)c3ccccc3S2)cc1. The van der Waals surface area contributed by atoms with Crippen molar-refractivity contribution in [3.05, 3.63) is 84.2 Å². The average Bonchev–Trinajstić information content (AvgIpc) is 2.92. The highest BCUT2D eigenvalue weighted by Gasteiger charge is 2.30. The molecule has 0 bridgehead atoms. The number of carbonyl (C=O) groups is 2. The first-order valence-corrected chi connectivity index (χ1v) is 10.7. The van der Waals surface area contributed by atoms with Crippen LogP contribution in [0.3, 0.4) is 0 Å². The van der Waals surface area contributed by atoms with Gasteiger partial charge in [0.25, 0.3) is 0 Å². The number of hydrogen-bond donors (Lipinski definition) is 1. The molecule has 0 radical (unpaired) electrons. The number of nitrogens with zero attached hydrogens (tertiary/aromatic N) is 1. The molecule has 5 nitrogen and oxygen atoms in total. The van der Waals surface area contributed by atoms with Crippen molar-refractivity contribution in [1.29, 1.82) is 0 Å². The molecule has 7 heteroatoms. The molecule has 2 amide bonds. The van der Waals surface area contributed by atoms with Crippen LogP contribution in [-0.2, 0) is 9.59 Å². The molecule has 0 aliphatic carbocycles. The van der Waals surface area contributed by atoms with Gasteiger partial charge in [0.1, 0.15) is 18.1 Å². The molecule has 0 saturated carbocycles. The number of para-hydroxylation sites is 2. The van der Waals surface area contributed by atoms with Crippen LogP contribution in [0.5, 0.6) is 5.75 Å². The number of anilines is 2. The van der Waals surface area contributed by atoms with Gasteiger partial charge in [-0.05, 0) is 42.0 Å². The number of halogens is 1. The Labute approximate surface area is 184 Å². The predicted octanol–water partition coefficient (Wildman–Crippen LogP) is 5.04. The first-order chi connectivity index (χ1) is 15.0. The molecule has 0 saturated heterocycles. The zero-order chi connectivity index (χ0) is 21.8. The van der Waals surface area contributed by atoms with Gasteiger partial charge in [0.15, 0.2) is 0 Å². The minimum absolute atomic E-state index is 0.0912. The van der Waals surface area contributed by atoms with Crippen molar-refractivity contribution in [2.75, 3.05) is 23.9 Å². The van der Waals surface area contributed by atoms with Crippen molar-refractivity contribution in [1.82, 2.24) is 0 Å². The topological polar surface area (TPSA) is 58.6 Å². The van der Waals surface area contributed by atoms with Gasteiger partial charge in [0.2, 0.25) is 11.8 Å². The van der Waals surface area contributed by atoms with Gasteiger partial charge in [-0.3, -0.25) is 9.59 Å². The Kier molecular flexibility index (Phi) is 6.23. The van der Waals surface area contributed by atoms with E-state index in [2.05, 4.69) is 5.32 Å². The third-order valence-electron chi connectivity index (χ3n) is 5.02. The zero-order valence-electron chi connectivity index (χ0n) is 16.9. The first-order valence-electron chi connectivity index (χ1n) is 9.79. The molecule has 1 aliphatic rings. The third kappa shape index (κ3) is 4.72. The first kappa shape index (κ1) is 20.9. The molecular weight excluding hydrogens is 415 g/mol. The molecule has 4 rings (SSSR count). The number of benzene rings is 3. The van der Waals surface area contributed by atoms with Crippen LogP contribution in [0.25, 0.3) is 0 Å². The summed E-state index contributed by atoms with van der Waals surface area (Å²) in [5.41, 5.74) is 1.78. The van der Waals surface area contributed by atoms with E-state index < -0.39 is 11.7 Å². The number of fused-ring (bicyclic) bond motifs is 1. The Hall–Kier alpha value is -3.32.